The van der Waals surface area contributed by atoms with Gasteiger partial charge in [0.15, 0.2) is 0 Å². The van der Waals surface area contributed by atoms with Crippen LogP contribution in [0.15, 0.2) is 87.0 Å². The zero-order chi connectivity index (χ0) is 28.6. The van der Waals surface area contributed by atoms with Gasteiger partial charge in [-0.15, -0.1) is 0 Å². The molecule has 0 unspecified atom stereocenters. The summed E-state index contributed by atoms with van der Waals surface area (Å²) < 4.78 is 12.6. The van der Waals surface area contributed by atoms with Gasteiger partial charge in [0, 0.05) is 23.6 Å². The number of phenols is 2. The van der Waals surface area contributed by atoms with E-state index in [9.17, 15) is 24.6 Å². The third-order valence-electron chi connectivity index (χ3n) is 7.04. The lowest BCUT2D eigenvalue weighted by Crippen LogP contribution is -2.29. The quantitative estimate of drug-likeness (QED) is 0.261. The van der Waals surface area contributed by atoms with Gasteiger partial charge in [-0.05, 0) is 53.3 Å². The first kappa shape index (κ1) is 26.7. The molecular weight excluding hydrogens is 510 g/mol. The van der Waals surface area contributed by atoms with Crippen LogP contribution in [0.3, 0.4) is 0 Å². The summed E-state index contributed by atoms with van der Waals surface area (Å²) in [6.07, 6.45) is 1.02. The van der Waals surface area contributed by atoms with E-state index in [1.165, 1.54) is 37.6 Å². The first-order valence-corrected chi connectivity index (χ1v) is 13.0. The molecule has 8 nitrogen and oxygen atoms in total. The van der Waals surface area contributed by atoms with Crippen molar-refractivity contribution in [2.75, 3.05) is 7.11 Å². The standard InChI is InChI=1S/C32H29NO7/c1-18(2)16-33-26-7-5-4-6-20(26)14-24(32(33)38)23(15-28(36)39-3)29-27(35)13-12-22-30(37)25(17-40-31(22)29)19-8-10-21(34)11-9-19/h4-14,17-18,23,34-35H,15-16H2,1-3H3/t23-/m0/s1. The molecule has 0 bridgehead atoms. The molecule has 0 radical (unpaired) electrons. The summed E-state index contributed by atoms with van der Waals surface area (Å²) in [5.74, 6) is -1.55. The molecule has 0 spiro atoms. The van der Waals surface area contributed by atoms with E-state index >= 15 is 0 Å². The molecule has 5 aromatic rings. The average molecular weight is 540 g/mol. The number of hydrogen-bond donors (Lipinski definition) is 2. The van der Waals surface area contributed by atoms with Crippen molar-refractivity contribution in [1.82, 2.24) is 4.57 Å². The number of fused-ring (bicyclic) bond motifs is 2. The first-order valence-electron chi connectivity index (χ1n) is 13.0. The van der Waals surface area contributed by atoms with Crippen molar-refractivity contribution in [3.05, 3.63) is 105 Å². The van der Waals surface area contributed by atoms with Crippen LogP contribution in [0.2, 0.25) is 0 Å². The van der Waals surface area contributed by atoms with Crippen molar-refractivity contribution < 1.29 is 24.2 Å². The van der Waals surface area contributed by atoms with Crippen LogP contribution < -0.4 is 11.0 Å². The summed E-state index contributed by atoms with van der Waals surface area (Å²) in [5, 5.41) is 21.7. The summed E-state index contributed by atoms with van der Waals surface area (Å²) in [5.41, 5.74) is 1.40. The maximum Gasteiger partial charge on any atom is 0.306 e. The fraction of sp³-hybridized carbons (Fsp3) is 0.219. The number of carbonyl (C=O) groups is 1. The molecule has 0 aliphatic rings. The Kier molecular flexibility index (Phi) is 7.17. The van der Waals surface area contributed by atoms with Gasteiger partial charge in [-0.1, -0.05) is 44.2 Å². The molecule has 5 rings (SSSR count). The second-order valence-electron chi connectivity index (χ2n) is 10.2. The Morgan fingerprint density at radius 1 is 1.00 bits per heavy atom. The Balaban J connectivity index is 1.79. The van der Waals surface area contributed by atoms with E-state index in [1.807, 2.05) is 38.1 Å². The van der Waals surface area contributed by atoms with Crippen LogP contribution in [0.4, 0.5) is 0 Å². The highest BCUT2D eigenvalue weighted by atomic mass is 16.5. The number of rotatable bonds is 7. The van der Waals surface area contributed by atoms with Crippen molar-refractivity contribution in [2.45, 2.75) is 32.7 Å². The molecule has 0 amide bonds. The molecule has 0 aliphatic heterocycles. The van der Waals surface area contributed by atoms with E-state index in [4.69, 9.17) is 9.15 Å². The lowest BCUT2D eigenvalue weighted by Gasteiger charge is -2.22. The van der Waals surface area contributed by atoms with E-state index in [-0.39, 0.29) is 62.5 Å². The van der Waals surface area contributed by atoms with Crippen molar-refractivity contribution in [1.29, 1.82) is 0 Å². The fourth-order valence-corrected chi connectivity index (χ4v) is 5.15. The van der Waals surface area contributed by atoms with Crippen LogP contribution in [-0.4, -0.2) is 27.9 Å². The van der Waals surface area contributed by atoms with E-state index in [0.717, 1.165) is 10.9 Å². The molecule has 0 fully saturated rings. The zero-order valence-electron chi connectivity index (χ0n) is 22.4. The van der Waals surface area contributed by atoms with Gasteiger partial charge in [0.1, 0.15) is 23.3 Å². The fourth-order valence-electron chi connectivity index (χ4n) is 5.15. The maximum atomic E-state index is 14.0. The maximum absolute atomic E-state index is 14.0. The molecule has 204 valence electrons. The summed E-state index contributed by atoms with van der Waals surface area (Å²) in [7, 11) is 1.25. The summed E-state index contributed by atoms with van der Waals surface area (Å²) >= 11 is 0. The highest BCUT2D eigenvalue weighted by Crippen LogP contribution is 2.39. The number of ether oxygens (including phenoxy) is 1. The number of hydrogen-bond acceptors (Lipinski definition) is 7. The Bertz CT molecular complexity index is 1850. The number of benzene rings is 3. The van der Waals surface area contributed by atoms with Crippen LogP contribution in [0.1, 0.15) is 37.3 Å². The molecule has 0 saturated carbocycles. The number of phenolic OH excluding ortho intramolecular Hbond substituents is 2. The summed E-state index contributed by atoms with van der Waals surface area (Å²) in [6, 6.07) is 18.2. The van der Waals surface area contributed by atoms with Crippen LogP contribution in [0, 0.1) is 5.92 Å². The molecule has 40 heavy (non-hydrogen) atoms. The third-order valence-corrected chi connectivity index (χ3v) is 7.04. The van der Waals surface area contributed by atoms with Crippen LogP contribution in [0.25, 0.3) is 33.0 Å². The summed E-state index contributed by atoms with van der Waals surface area (Å²) in [4.78, 5) is 40.2. The number of para-hydroxylation sites is 1. The minimum Gasteiger partial charge on any atom is -0.508 e. The van der Waals surface area contributed by atoms with Gasteiger partial charge in [0.05, 0.1) is 30.0 Å². The highest BCUT2D eigenvalue weighted by molar-refractivity contribution is 5.88. The largest absolute Gasteiger partial charge is 0.508 e. The number of methoxy groups -OCH3 is 1. The van der Waals surface area contributed by atoms with E-state index < -0.39 is 11.9 Å². The van der Waals surface area contributed by atoms with Gasteiger partial charge >= 0.3 is 5.97 Å². The average Bonchev–Trinajstić information content (AvgIpc) is 2.94. The molecular formula is C32H29NO7. The van der Waals surface area contributed by atoms with Gasteiger partial charge in [0.25, 0.3) is 5.56 Å². The number of carbonyl (C=O) groups excluding carboxylic acids is 1. The second kappa shape index (κ2) is 10.7. The molecule has 0 aliphatic carbocycles. The Labute approximate surface area is 229 Å². The second-order valence-corrected chi connectivity index (χ2v) is 10.2. The molecule has 8 heteroatoms. The van der Waals surface area contributed by atoms with Gasteiger partial charge < -0.3 is 23.9 Å². The topological polar surface area (TPSA) is 119 Å². The molecule has 2 heterocycles. The van der Waals surface area contributed by atoms with Gasteiger partial charge in [-0.25, -0.2) is 0 Å². The minimum atomic E-state index is -0.964. The molecule has 3 aromatic carbocycles. The van der Waals surface area contributed by atoms with Gasteiger partial charge in [-0.2, -0.15) is 0 Å². The van der Waals surface area contributed by atoms with Crippen LogP contribution >= 0.6 is 0 Å². The van der Waals surface area contributed by atoms with Gasteiger partial charge in [0.2, 0.25) is 5.43 Å². The number of aromatic hydroxyl groups is 2. The number of aromatic nitrogens is 1. The first-order chi connectivity index (χ1) is 19.2. The SMILES string of the molecule is COC(=O)C[C@@H](c1cc2ccccc2n(CC(C)C)c1=O)c1c(O)ccc2c(=O)c(-c3ccc(O)cc3)coc12. The van der Waals surface area contributed by atoms with Crippen LogP contribution in [-0.2, 0) is 16.1 Å². The Morgan fingerprint density at radius 3 is 2.42 bits per heavy atom. The van der Waals surface area contributed by atoms with E-state index in [1.54, 1.807) is 22.8 Å². The number of esters is 1. The van der Waals surface area contributed by atoms with Crippen molar-refractivity contribution in [3.8, 4) is 22.6 Å². The lowest BCUT2D eigenvalue weighted by molar-refractivity contribution is -0.140. The predicted molar refractivity (Wildman–Crippen MR) is 153 cm³/mol. The molecule has 2 N–H and O–H groups in total. The normalized spacial score (nSPS) is 12.2. The van der Waals surface area contributed by atoms with Crippen molar-refractivity contribution >= 4 is 27.8 Å². The van der Waals surface area contributed by atoms with Gasteiger partial charge in [-0.3, -0.25) is 14.4 Å². The highest BCUT2D eigenvalue weighted by Gasteiger charge is 2.29. The molecule has 2 aromatic heterocycles. The zero-order valence-corrected chi connectivity index (χ0v) is 22.4. The Hall–Kier alpha value is -4.85. The number of nitrogens with zero attached hydrogens (tertiary/aromatic N) is 1. The molecule has 1 atom stereocenters. The van der Waals surface area contributed by atoms with E-state index in [2.05, 4.69) is 0 Å². The summed E-state index contributed by atoms with van der Waals surface area (Å²) in [6.45, 7) is 4.47. The molecule has 0 saturated heterocycles. The smallest absolute Gasteiger partial charge is 0.306 e. The van der Waals surface area contributed by atoms with Crippen molar-refractivity contribution in [2.24, 2.45) is 5.92 Å². The predicted octanol–water partition coefficient (Wildman–Crippen LogP) is 5.54. The van der Waals surface area contributed by atoms with E-state index in [0.29, 0.717) is 12.1 Å². The van der Waals surface area contributed by atoms with Crippen molar-refractivity contribution in [3.63, 3.8) is 0 Å². The third kappa shape index (κ3) is 4.84. The lowest BCUT2D eigenvalue weighted by atomic mass is 9.86. The van der Waals surface area contributed by atoms with Crippen LogP contribution in [0.5, 0.6) is 11.5 Å². The minimum absolute atomic E-state index is 0.0605. The monoisotopic (exact) mass is 539 g/mol. The Morgan fingerprint density at radius 2 is 1.73 bits per heavy atom. The number of pyridine rings is 1.